The standard InChI is InChI=1S/C24H24N4O4/c1-27-22(21(23(29)30)25-26-27)15-10-12-28(13-11-15)24(31)32-14-20-18-8-4-2-6-16(18)17-7-3-5-9-19(17)20/h2-9,15,20H,10-14H2,1H3,(H,29,30). The van der Waals surface area contributed by atoms with Crippen molar-refractivity contribution in [1.29, 1.82) is 0 Å². The second-order valence-corrected chi connectivity index (χ2v) is 8.32. The molecule has 0 unspecified atom stereocenters. The predicted octanol–water partition coefficient (Wildman–Crippen LogP) is 3.64. The zero-order valence-corrected chi connectivity index (χ0v) is 17.8. The second-order valence-electron chi connectivity index (χ2n) is 8.32. The number of aromatic nitrogens is 3. The van der Waals surface area contributed by atoms with Crippen molar-refractivity contribution in [2.24, 2.45) is 7.05 Å². The SMILES string of the molecule is Cn1nnc(C(=O)O)c1C1CCN(C(=O)OCC2c3ccccc3-c3ccccc32)CC1. The molecule has 5 rings (SSSR count). The summed E-state index contributed by atoms with van der Waals surface area (Å²) in [5.41, 5.74) is 5.37. The van der Waals surface area contributed by atoms with Gasteiger partial charge in [-0.15, -0.1) is 5.10 Å². The molecular weight excluding hydrogens is 408 g/mol. The van der Waals surface area contributed by atoms with Gasteiger partial charge in [-0.25, -0.2) is 9.59 Å². The summed E-state index contributed by atoms with van der Waals surface area (Å²) < 4.78 is 7.28. The van der Waals surface area contributed by atoms with E-state index in [1.165, 1.54) is 26.9 Å². The lowest BCUT2D eigenvalue weighted by molar-refractivity contribution is 0.0684. The van der Waals surface area contributed by atoms with E-state index in [4.69, 9.17) is 4.74 Å². The fourth-order valence-electron chi connectivity index (χ4n) is 5.00. The minimum absolute atomic E-state index is 0.00117. The molecular formula is C24H24N4O4. The molecule has 8 nitrogen and oxygen atoms in total. The van der Waals surface area contributed by atoms with E-state index in [1.807, 2.05) is 24.3 Å². The van der Waals surface area contributed by atoms with Gasteiger partial charge in [-0.3, -0.25) is 4.68 Å². The number of benzene rings is 2. The third kappa shape index (κ3) is 3.41. The summed E-state index contributed by atoms with van der Waals surface area (Å²) in [6.07, 6.45) is 0.962. The summed E-state index contributed by atoms with van der Waals surface area (Å²) in [4.78, 5) is 25.9. The Hall–Kier alpha value is -3.68. The van der Waals surface area contributed by atoms with Gasteiger partial charge in [0.05, 0.1) is 5.69 Å². The van der Waals surface area contributed by atoms with E-state index in [0.29, 0.717) is 38.2 Å². The van der Waals surface area contributed by atoms with Crippen molar-refractivity contribution >= 4 is 12.1 Å². The van der Waals surface area contributed by atoms with Crippen LogP contribution in [0.4, 0.5) is 4.79 Å². The van der Waals surface area contributed by atoms with Crippen LogP contribution in [0.15, 0.2) is 48.5 Å². The third-order valence-electron chi connectivity index (χ3n) is 6.55. The molecule has 2 heterocycles. The minimum atomic E-state index is -1.08. The summed E-state index contributed by atoms with van der Waals surface area (Å²) in [6.45, 7) is 1.30. The molecule has 2 aliphatic rings. The summed E-state index contributed by atoms with van der Waals surface area (Å²) in [5.74, 6) is -1.05. The highest BCUT2D eigenvalue weighted by atomic mass is 16.6. The number of aromatic carboxylic acids is 1. The maximum atomic E-state index is 12.8. The first-order chi connectivity index (χ1) is 15.5. The number of carboxylic acid groups (broad SMARTS) is 1. The van der Waals surface area contributed by atoms with E-state index in [9.17, 15) is 14.7 Å². The van der Waals surface area contributed by atoms with Crippen molar-refractivity contribution < 1.29 is 19.4 Å². The highest BCUT2D eigenvalue weighted by molar-refractivity contribution is 5.86. The lowest BCUT2D eigenvalue weighted by Crippen LogP contribution is -2.39. The number of piperidine rings is 1. The summed E-state index contributed by atoms with van der Waals surface area (Å²) in [5, 5.41) is 17.0. The molecule has 1 fully saturated rings. The van der Waals surface area contributed by atoms with Crippen molar-refractivity contribution in [3.63, 3.8) is 0 Å². The van der Waals surface area contributed by atoms with Crippen LogP contribution >= 0.6 is 0 Å². The highest BCUT2D eigenvalue weighted by Gasteiger charge is 2.33. The fraction of sp³-hybridized carbons (Fsp3) is 0.333. The Morgan fingerprint density at radius 2 is 1.62 bits per heavy atom. The molecule has 32 heavy (non-hydrogen) atoms. The number of nitrogens with zero attached hydrogens (tertiary/aromatic N) is 4. The summed E-state index contributed by atoms with van der Waals surface area (Å²) in [7, 11) is 1.70. The molecule has 1 aliphatic heterocycles. The molecule has 1 N–H and O–H groups in total. The number of hydrogen-bond acceptors (Lipinski definition) is 5. The number of ether oxygens (including phenoxy) is 1. The smallest absolute Gasteiger partial charge is 0.409 e. The van der Waals surface area contributed by atoms with E-state index >= 15 is 0 Å². The first-order valence-corrected chi connectivity index (χ1v) is 10.8. The number of carbonyl (C=O) groups excluding carboxylic acids is 1. The minimum Gasteiger partial charge on any atom is -0.476 e. The van der Waals surface area contributed by atoms with Crippen LogP contribution in [-0.4, -0.2) is 56.8 Å². The Morgan fingerprint density at radius 3 is 2.22 bits per heavy atom. The van der Waals surface area contributed by atoms with Crippen molar-refractivity contribution in [3.05, 3.63) is 71.0 Å². The highest BCUT2D eigenvalue weighted by Crippen LogP contribution is 2.44. The first-order valence-electron chi connectivity index (χ1n) is 10.8. The van der Waals surface area contributed by atoms with Gasteiger partial charge < -0.3 is 14.7 Å². The normalized spacial score (nSPS) is 16.0. The van der Waals surface area contributed by atoms with Gasteiger partial charge in [0, 0.05) is 32.0 Å². The van der Waals surface area contributed by atoms with Gasteiger partial charge in [-0.05, 0) is 35.1 Å². The molecule has 0 radical (unpaired) electrons. The average molecular weight is 432 g/mol. The van der Waals surface area contributed by atoms with Crippen LogP contribution in [0.3, 0.4) is 0 Å². The van der Waals surface area contributed by atoms with Gasteiger partial charge in [0.25, 0.3) is 0 Å². The van der Waals surface area contributed by atoms with Gasteiger partial charge in [0.1, 0.15) is 6.61 Å². The van der Waals surface area contributed by atoms with Crippen LogP contribution in [0.1, 0.15) is 52.0 Å². The number of amides is 1. The number of likely N-dealkylation sites (tertiary alicyclic amines) is 1. The molecule has 2 aromatic carbocycles. The van der Waals surface area contributed by atoms with Crippen LogP contribution < -0.4 is 0 Å². The molecule has 1 amide bonds. The van der Waals surface area contributed by atoms with Gasteiger partial charge in [-0.2, -0.15) is 0 Å². The lowest BCUT2D eigenvalue weighted by Gasteiger charge is -2.31. The van der Waals surface area contributed by atoms with Crippen molar-refractivity contribution in [2.45, 2.75) is 24.7 Å². The molecule has 1 aliphatic carbocycles. The first kappa shape index (κ1) is 20.2. The Kier molecular flexibility index (Phi) is 5.13. The molecule has 3 aromatic rings. The van der Waals surface area contributed by atoms with Crippen LogP contribution in [0.5, 0.6) is 0 Å². The van der Waals surface area contributed by atoms with Crippen molar-refractivity contribution in [1.82, 2.24) is 19.9 Å². The lowest BCUT2D eigenvalue weighted by atomic mass is 9.92. The summed E-state index contributed by atoms with van der Waals surface area (Å²) >= 11 is 0. The van der Waals surface area contributed by atoms with Crippen molar-refractivity contribution in [3.8, 4) is 11.1 Å². The number of carboxylic acids is 1. The van der Waals surface area contributed by atoms with Gasteiger partial charge in [0.2, 0.25) is 0 Å². The predicted molar refractivity (Wildman–Crippen MR) is 117 cm³/mol. The zero-order chi connectivity index (χ0) is 22.2. The summed E-state index contributed by atoms with van der Waals surface area (Å²) in [6, 6.07) is 16.5. The van der Waals surface area contributed by atoms with E-state index in [0.717, 1.165) is 0 Å². The maximum absolute atomic E-state index is 12.8. The van der Waals surface area contributed by atoms with Gasteiger partial charge in [0.15, 0.2) is 5.69 Å². The second kappa shape index (κ2) is 8.11. The zero-order valence-electron chi connectivity index (χ0n) is 17.8. The molecule has 0 spiro atoms. The van der Waals surface area contributed by atoms with Crippen LogP contribution in [0, 0.1) is 0 Å². The van der Waals surface area contributed by atoms with Crippen LogP contribution in [0.2, 0.25) is 0 Å². The van der Waals surface area contributed by atoms with Gasteiger partial charge >= 0.3 is 12.1 Å². The number of carbonyl (C=O) groups is 2. The average Bonchev–Trinajstić information content (AvgIpc) is 3.36. The van der Waals surface area contributed by atoms with Gasteiger partial charge in [-0.1, -0.05) is 53.7 Å². The molecule has 164 valence electrons. The Bertz CT molecular complexity index is 1130. The van der Waals surface area contributed by atoms with E-state index in [-0.39, 0.29) is 23.6 Å². The maximum Gasteiger partial charge on any atom is 0.409 e. The largest absolute Gasteiger partial charge is 0.476 e. The topological polar surface area (TPSA) is 97.5 Å². The number of fused-ring (bicyclic) bond motifs is 3. The Labute approximate surface area is 185 Å². The quantitative estimate of drug-likeness (QED) is 0.676. The molecule has 0 saturated carbocycles. The molecule has 1 saturated heterocycles. The van der Waals surface area contributed by atoms with E-state index < -0.39 is 5.97 Å². The molecule has 0 atom stereocenters. The third-order valence-corrected chi connectivity index (χ3v) is 6.55. The van der Waals surface area contributed by atoms with E-state index in [1.54, 1.807) is 11.9 Å². The Morgan fingerprint density at radius 1 is 1.03 bits per heavy atom. The number of aryl methyl sites for hydroxylation is 1. The number of rotatable bonds is 4. The number of hydrogen-bond donors (Lipinski definition) is 1. The van der Waals surface area contributed by atoms with Crippen molar-refractivity contribution in [2.75, 3.05) is 19.7 Å². The van der Waals surface area contributed by atoms with E-state index in [2.05, 4.69) is 34.6 Å². The fourth-order valence-corrected chi connectivity index (χ4v) is 5.00. The Balaban J connectivity index is 1.23. The molecule has 1 aromatic heterocycles. The van der Waals surface area contributed by atoms with Crippen LogP contribution in [0.25, 0.3) is 11.1 Å². The molecule has 8 heteroatoms. The molecule has 0 bridgehead atoms. The monoisotopic (exact) mass is 432 g/mol. The van der Waals surface area contributed by atoms with Crippen LogP contribution in [-0.2, 0) is 11.8 Å².